The lowest BCUT2D eigenvalue weighted by atomic mass is 10.2. The van der Waals surface area contributed by atoms with Crippen molar-refractivity contribution in [3.63, 3.8) is 0 Å². The fourth-order valence-electron chi connectivity index (χ4n) is 2.24. The van der Waals surface area contributed by atoms with Crippen LogP contribution in [0.2, 0.25) is 0 Å². The van der Waals surface area contributed by atoms with Crippen molar-refractivity contribution >= 4 is 18.0 Å². The molecule has 6 heteroatoms. The molecule has 0 aromatic heterocycles. The van der Waals surface area contributed by atoms with E-state index in [4.69, 9.17) is 14.2 Å². The topological polar surface area (TPSA) is 73.9 Å². The lowest BCUT2D eigenvalue weighted by Gasteiger charge is -2.09. The highest BCUT2D eigenvalue weighted by atomic mass is 16.5. The van der Waals surface area contributed by atoms with E-state index in [0.29, 0.717) is 11.5 Å². The summed E-state index contributed by atoms with van der Waals surface area (Å²) < 4.78 is 15.3. The van der Waals surface area contributed by atoms with Crippen molar-refractivity contribution in [2.45, 2.75) is 6.54 Å². The number of para-hydroxylation sites is 2. The van der Waals surface area contributed by atoms with Gasteiger partial charge in [-0.15, -0.1) is 0 Å². The molecule has 0 saturated heterocycles. The van der Waals surface area contributed by atoms with Crippen LogP contribution in [0.3, 0.4) is 0 Å². The first-order valence-corrected chi connectivity index (χ1v) is 8.00. The van der Waals surface area contributed by atoms with Gasteiger partial charge in [0.1, 0.15) is 11.5 Å². The number of carbonyl (C=O) groups excluding carboxylic acids is 2. The van der Waals surface area contributed by atoms with Crippen LogP contribution >= 0.6 is 0 Å². The van der Waals surface area contributed by atoms with Crippen LogP contribution in [0.5, 0.6) is 11.5 Å². The Kier molecular flexibility index (Phi) is 7.24. The summed E-state index contributed by atoms with van der Waals surface area (Å²) >= 11 is 0. The van der Waals surface area contributed by atoms with Crippen molar-refractivity contribution in [3.8, 4) is 11.5 Å². The minimum atomic E-state index is -0.608. The predicted octanol–water partition coefficient (Wildman–Crippen LogP) is 2.58. The van der Waals surface area contributed by atoms with Crippen molar-refractivity contribution in [1.82, 2.24) is 5.32 Å². The molecule has 0 atom stereocenters. The molecule has 0 spiro atoms. The maximum absolute atomic E-state index is 11.8. The van der Waals surface area contributed by atoms with Gasteiger partial charge in [0.25, 0.3) is 5.91 Å². The Morgan fingerprint density at radius 1 is 0.962 bits per heavy atom. The van der Waals surface area contributed by atoms with Gasteiger partial charge in [0.05, 0.1) is 14.2 Å². The Morgan fingerprint density at radius 3 is 2.35 bits per heavy atom. The summed E-state index contributed by atoms with van der Waals surface area (Å²) in [4.78, 5) is 23.6. The molecule has 0 heterocycles. The highest BCUT2D eigenvalue weighted by molar-refractivity contribution is 5.89. The summed E-state index contributed by atoms with van der Waals surface area (Å²) in [5.74, 6) is 0.328. The Bertz CT molecular complexity index is 785. The zero-order valence-electron chi connectivity index (χ0n) is 14.7. The zero-order chi connectivity index (χ0) is 18.8. The Balaban J connectivity index is 1.79. The van der Waals surface area contributed by atoms with E-state index in [1.165, 1.54) is 6.08 Å². The number of ether oxygens (including phenoxy) is 3. The Labute approximate surface area is 152 Å². The largest absolute Gasteiger partial charge is 0.496 e. The van der Waals surface area contributed by atoms with Gasteiger partial charge < -0.3 is 19.5 Å². The van der Waals surface area contributed by atoms with Crippen molar-refractivity contribution in [3.05, 3.63) is 65.7 Å². The number of hydrogen-bond acceptors (Lipinski definition) is 5. The highest BCUT2D eigenvalue weighted by Crippen LogP contribution is 2.18. The molecule has 2 rings (SSSR count). The molecule has 0 aliphatic carbocycles. The van der Waals surface area contributed by atoms with Gasteiger partial charge in [-0.1, -0.05) is 36.4 Å². The monoisotopic (exact) mass is 355 g/mol. The number of benzene rings is 2. The lowest BCUT2D eigenvalue weighted by Crippen LogP contribution is -2.28. The molecule has 6 nitrogen and oxygen atoms in total. The summed E-state index contributed by atoms with van der Waals surface area (Å²) in [7, 11) is 3.12. The van der Waals surface area contributed by atoms with Crippen molar-refractivity contribution in [1.29, 1.82) is 0 Å². The highest BCUT2D eigenvalue weighted by Gasteiger charge is 2.07. The van der Waals surface area contributed by atoms with Crippen molar-refractivity contribution in [2.24, 2.45) is 0 Å². The third-order valence-electron chi connectivity index (χ3n) is 3.55. The average Bonchev–Trinajstić information content (AvgIpc) is 2.69. The van der Waals surface area contributed by atoms with Gasteiger partial charge in [0, 0.05) is 23.7 Å². The number of carbonyl (C=O) groups is 2. The molecule has 0 radical (unpaired) electrons. The number of amides is 1. The molecular weight excluding hydrogens is 334 g/mol. The van der Waals surface area contributed by atoms with E-state index < -0.39 is 11.9 Å². The fraction of sp³-hybridized carbons (Fsp3) is 0.200. The van der Waals surface area contributed by atoms with Crippen LogP contribution in [-0.4, -0.2) is 32.7 Å². The van der Waals surface area contributed by atoms with E-state index in [9.17, 15) is 9.59 Å². The first-order chi connectivity index (χ1) is 12.6. The van der Waals surface area contributed by atoms with E-state index in [-0.39, 0.29) is 13.2 Å². The van der Waals surface area contributed by atoms with E-state index in [1.807, 2.05) is 42.5 Å². The minimum Gasteiger partial charge on any atom is -0.496 e. The van der Waals surface area contributed by atoms with Gasteiger partial charge in [-0.3, -0.25) is 4.79 Å². The molecule has 0 aliphatic rings. The third-order valence-corrected chi connectivity index (χ3v) is 3.55. The molecule has 26 heavy (non-hydrogen) atoms. The molecule has 2 aromatic carbocycles. The van der Waals surface area contributed by atoms with E-state index >= 15 is 0 Å². The number of methoxy groups -OCH3 is 2. The van der Waals surface area contributed by atoms with E-state index in [2.05, 4.69) is 5.32 Å². The number of hydrogen-bond donors (Lipinski definition) is 1. The molecule has 1 amide bonds. The smallest absolute Gasteiger partial charge is 0.331 e. The first-order valence-electron chi connectivity index (χ1n) is 8.00. The maximum Gasteiger partial charge on any atom is 0.331 e. The second-order valence-electron chi connectivity index (χ2n) is 5.27. The molecule has 0 unspecified atom stereocenters. The van der Waals surface area contributed by atoms with Crippen LogP contribution in [0.25, 0.3) is 6.08 Å². The van der Waals surface area contributed by atoms with Crippen LogP contribution in [0, 0.1) is 0 Å². The number of esters is 1. The van der Waals surface area contributed by atoms with Crippen LogP contribution < -0.4 is 14.8 Å². The first kappa shape index (κ1) is 19.1. The van der Waals surface area contributed by atoms with E-state index in [1.54, 1.807) is 26.4 Å². The molecule has 0 aliphatic heterocycles. The fourth-order valence-corrected chi connectivity index (χ4v) is 2.24. The van der Waals surface area contributed by atoms with Gasteiger partial charge >= 0.3 is 5.97 Å². The normalized spacial score (nSPS) is 10.4. The standard InChI is InChI=1S/C20H21NO5/c1-24-17-9-5-3-7-15(17)11-12-20(23)26-14-19(22)21-13-16-8-4-6-10-18(16)25-2/h3-12H,13-14H2,1-2H3,(H,21,22)/b12-11+. The lowest BCUT2D eigenvalue weighted by molar-refractivity contribution is -0.143. The molecule has 136 valence electrons. The summed E-state index contributed by atoms with van der Waals surface area (Å²) in [5.41, 5.74) is 1.58. The van der Waals surface area contributed by atoms with Gasteiger partial charge in [0.2, 0.25) is 0 Å². The SMILES string of the molecule is COc1ccccc1/C=C/C(=O)OCC(=O)NCc1ccccc1OC. The van der Waals surface area contributed by atoms with E-state index in [0.717, 1.165) is 11.1 Å². The second-order valence-corrected chi connectivity index (χ2v) is 5.27. The number of rotatable bonds is 8. The molecule has 0 bridgehead atoms. The predicted molar refractivity (Wildman–Crippen MR) is 97.8 cm³/mol. The number of nitrogens with one attached hydrogen (secondary N) is 1. The summed E-state index contributed by atoms with van der Waals surface area (Å²) in [6.07, 6.45) is 2.83. The second kappa shape index (κ2) is 9.88. The van der Waals surface area contributed by atoms with Gasteiger partial charge in [-0.05, 0) is 18.2 Å². The molecule has 2 aromatic rings. The van der Waals surface area contributed by atoms with Gasteiger partial charge in [-0.2, -0.15) is 0 Å². The van der Waals surface area contributed by atoms with Crippen LogP contribution in [0.1, 0.15) is 11.1 Å². The quantitative estimate of drug-likeness (QED) is 0.582. The summed E-state index contributed by atoms with van der Waals surface area (Å²) in [5, 5.41) is 2.68. The average molecular weight is 355 g/mol. The minimum absolute atomic E-state index is 0.289. The zero-order valence-corrected chi connectivity index (χ0v) is 14.7. The molecule has 0 fully saturated rings. The Hall–Kier alpha value is -3.28. The van der Waals surface area contributed by atoms with Crippen LogP contribution in [0.4, 0.5) is 0 Å². The summed E-state index contributed by atoms with van der Waals surface area (Å²) in [6.45, 7) is -0.0678. The molecule has 0 saturated carbocycles. The Morgan fingerprint density at radius 2 is 1.62 bits per heavy atom. The van der Waals surface area contributed by atoms with Crippen LogP contribution in [-0.2, 0) is 20.9 Å². The summed E-state index contributed by atoms with van der Waals surface area (Å²) in [6, 6.07) is 14.6. The van der Waals surface area contributed by atoms with Crippen molar-refractivity contribution < 1.29 is 23.8 Å². The maximum atomic E-state index is 11.8. The van der Waals surface area contributed by atoms with Gasteiger partial charge in [-0.25, -0.2) is 4.79 Å². The van der Waals surface area contributed by atoms with Gasteiger partial charge in [0.15, 0.2) is 6.61 Å². The third kappa shape index (κ3) is 5.66. The molecular formula is C20H21NO5. The van der Waals surface area contributed by atoms with Crippen molar-refractivity contribution in [2.75, 3.05) is 20.8 Å². The molecule has 1 N–H and O–H groups in total. The van der Waals surface area contributed by atoms with Crippen LogP contribution in [0.15, 0.2) is 54.6 Å².